The van der Waals surface area contributed by atoms with Crippen molar-refractivity contribution in [3.05, 3.63) is 49.8 Å². The molecule has 1 atom stereocenters. The van der Waals surface area contributed by atoms with E-state index < -0.39 is 12.0 Å². The summed E-state index contributed by atoms with van der Waals surface area (Å²) in [5, 5.41) is 12.2. The number of aromatic nitrogens is 2. The first kappa shape index (κ1) is 17.0. The number of thiophene rings is 1. The molecule has 0 fully saturated rings. The number of fused-ring (bicyclic) bond motifs is 1. The van der Waals surface area contributed by atoms with Crippen molar-refractivity contribution in [3.8, 4) is 11.1 Å². The number of aryl methyl sites for hydroxylation is 1. The van der Waals surface area contributed by atoms with Crippen molar-refractivity contribution in [1.29, 1.82) is 0 Å². The number of carboxylic acid groups (broad SMARTS) is 1. The summed E-state index contributed by atoms with van der Waals surface area (Å²) in [6.07, 6.45) is 0. The Labute approximate surface area is 151 Å². The van der Waals surface area contributed by atoms with Crippen LogP contribution in [0, 0.1) is 6.92 Å². The van der Waals surface area contributed by atoms with Gasteiger partial charge in [0.05, 0.1) is 15.4 Å². The predicted molar refractivity (Wildman–Crippen MR) is 96.4 cm³/mol. The summed E-state index contributed by atoms with van der Waals surface area (Å²) >= 11 is 13.3. The van der Waals surface area contributed by atoms with E-state index in [1.165, 1.54) is 22.8 Å². The molecule has 0 bridgehead atoms. The van der Waals surface area contributed by atoms with Gasteiger partial charge in [-0.25, -0.2) is 9.78 Å². The van der Waals surface area contributed by atoms with Gasteiger partial charge in [-0.2, -0.15) is 0 Å². The molecule has 1 aromatic carbocycles. The molecule has 1 unspecified atom stereocenters. The second kappa shape index (κ2) is 6.20. The molecule has 124 valence electrons. The molecule has 3 rings (SSSR count). The molecule has 2 heterocycles. The van der Waals surface area contributed by atoms with Crippen LogP contribution in [0.4, 0.5) is 0 Å². The summed E-state index contributed by atoms with van der Waals surface area (Å²) in [4.78, 5) is 29.2. The molecule has 5 nitrogen and oxygen atoms in total. The van der Waals surface area contributed by atoms with Crippen LogP contribution in [0.1, 0.15) is 18.8 Å². The van der Waals surface area contributed by atoms with Gasteiger partial charge in [-0.1, -0.05) is 29.3 Å². The smallest absolute Gasteiger partial charge is 0.326 e. The summed E-state index contributed by atoms with van der Waals surface area (Å²) < 4.78 is 1.19. The van der Waals surface area contributed by atoms with Gasteiger partial charge >= 0.3 is 5.97 Å². The lowest BCUT2D eigenvalue weighted by Crippen LogP contribution is -2.30. The maximum absolute atomic E-state index is 12.9. The highest BCUT2D eigenvalue weighted by molar-refractivity contribution is 7.17. The van der Waals surface area contributed by atoms with Crippen molar-refractivity contribution in [3.63, 3.8) is 0 Å². The Morgan fingerprint density at radius 3 is 2.67 bits per heavy atom. The number of hydrogen-bond acceptors (Lipinski definition) is 4. The zero-order valence-electron chi connectivity index (χ0n) is 12.7. The molecule has 0 saturated heterocycles. The van der Waals surface area contributed by atoms with E-state index in [1.807, 2.05) is 5.38 Å². The fraction of sp³-hybridized carbons (Fsp3) is 0.188. The zero-order valence-corrected chi connectivity index (χ0v) is 15.0. The molecule has 0 spiro atoms. The maximum atomic E-state index is 12.9. The SMILES string of the molecule is Cc1nc2scc(-c3ccc(Cl)c(Cl)c3)c2c(=O)n1C(C)C(=O)O. The molecule has 2 aromatic heterocycles. The monoisotopic (exact) mass is 382 g/mol. The van der Waals surface area contributed by atoms with Gasteiger partial charge in [-0.3, -0.25) is 9.36 Å². The summed E-state index contributed by atoms with van der Waals surface area (Å²) in [5.74, 6) is -0.724. The summed E-state index contributed by atoms with van der Waals surface area (Å²) in [6.45, 7) is 3.08. The second-order valence-corrected chi connectivity index (χ2v) is 6.98. The summed E-state index contributed by atoms with van der Waals surface area (Å²) in [7, 11) is 0. The first-order valence-electron chi connectivity index (χ1n) is 7.00. The number of carboxylic acids is 1. The molecule has 0 amide bonds. The van der Waals surface area contributed by atoms with Crippen LogP contribution in [-0.2, 0) is 4.79 Å². The van der Waals surface area contributed by atoms with Crippen LogP contribution in [0.25, 0.3) is 21.3 Å². The highest BCUT2D eigenvalue weighted by Gasteiger charge is 2.22. The standard InChI is InChI=1S/C16H12Cl2N2O3S/c1-7(16(22)23)20-8(2)19-14-13(15(20)21)10(6-24-14)9-3-4-11(17)12(18)5-9/h3-7H,1-2H3,(H,22,23). The Morgan fingerprint density at radius 1 is 1.33 bits per heavy atom. The molecule has 0 aliphatic rings. The van der Waals surface area contributed by atoms with Gasteiger partial charge in [0.25, 0.3) is 5.56 Å². The van der Waals surface area contributed by atoms with Crippen LogP contribution < -0.4 is 5.56 Å². The minimum absolute atomic E-state index is 0.366. The summed E-state index contributed by atoms with van der Waals surface area (Å²) in [6, 6.07) is 4.09. The van der Waals surface area contributed by atoms with Gasteiger partial charge in [0.1, 0.15) is 16.7 Å². The lowest BCUT2D eigenvalue weighted by molar-refractivity contribution is -0.140. The average Bonchev–Trinajstić information content (AvgIpc) is 2.93. The third-order valence-corrected chi connectivity index (χ3v) is 5.40. The van der Waals surface area contributed by atoms with E-state index in [9.17, 15) is 14.7 Å². The Hall–Kier alpha value is -1.89. The third-order valence-electron chi connectivity index (χ3n) is 3.79. The number of halogens is 2. The molecule has 0 saturated carbocycles. The molecule has 0 aliphatic heterocycles. The fourth-order valence-electron chi connectivity index (χ4n) is 2.55. The van der Waals surface area contributed by atoms with Crippen LogP contribution in [0.2, 0.25) is 10.0 Å². The predicted octanol–water partition coefficient (Wildman–Crippen LogP) is 4.39. The maximum Gasteiger partial charge on any atom is 0.326 e. The van der Waals surface area contributed by atoms with Crippen molar-refractivity contribution in [2.24, 2.45) is 0 Å². The van der Waals surface area contributed by atoms with E-state index in [-0.39, 0.29) is 5.56 Å². The van der Waals surface area contributed by atoms with E-state index in [0.717, 1.165) is 5.56 Å². The third kappa shape index (κ3) is 2.70. The molecular formula is C16H12Cl2N2O3S. The number of hydrogen-bond donors (Lipinski definition) is 1. The first-order chi connectivity index (χ1) is 11.3. The van der Waals surface area contributed by atoms with E-state index >= 15 is 0 Å². The van der Waals surface area contributed by atoms with Crippen LogP contribution in [0.3, 0.4) is 0 Å². The van der Waals surface area contributed by atoms with Crippen molar-refractivity contribution in [2.45, 2.75) is 19.9 Å². The normalized spacial score (nSPS) is 12.5. The van der Waals surface area contributed by atoms with Crippen molar-refractivity contribution >= 4 is 50.7 Å². The van der Waals surface area contributed by atoms with E-state index in [4.69, 9.17) is 23.2 Å². The summed E-state index contributed by atoms with van der Waals surface area (Å²) in [5.41, 5.74) is 1.01. The highest BCUT2D eigenvalue weighted by Crippen LogP contribution is 2.34. The topological polar surface area (TPSA) is 72.2 Å². The fourth-order valence-corrected chi connectivity index (χ4v) is 3.83. The molecule has 1 N–H and O–H groups in total. The van der Waals surface area contributed by atoms with E-state index in [0.29, 0.717) is 31.6 Å². The Kier molecular flexibility index (Phi) is 4.38. The van der Waals surface area contributed by atoms with Crippen LogP contribution >= 0.6 is 34.5 Å². The van der Waals surface area contributed by atoms with Gasteiger partial charge < -0.3 is 5.11 Å². The molecule has 3 aromatic rings. The van der Waals surface area contributed by atoms with Gasteiger partial charge in [-0.05, 0) is 31.5 Å². The van der Waals surface area contributed by atoms with Crippen LogP contribution in [-0.4, -0.2) is 20.6 Å². The minimum Gasteiger partial charge on any atom is -0.480 e. The Bertz CT molecular complexity index is 1030. The van der Waals surface area contributed by atoms with Crippen molar-refractivity contribution in [1.82, 2.24) is 9.55 Å². The molecule has 24 heavy (non-hydrogen) atoms. The minimum atomic E-state index is -1.09. The van der Waals surface area contributed by atoms with Gasteiger partial charge in [0.15, 0.2) is 0 Å². The number of carbonyl (C=O) groups is 1. The molecular weight excluding hydrogens is 371 g/mol. The first-order valence-corrected chi connectivity index (χ1v) is 8.63. The lowest BCUT2D eigenvalue weighted by atomic mass is 10.1. The molecule has 0 aliphatic carbocycles. The lowest BCUT2D eigenvalue weighted by Gasteiger charge is -2.14. The van der Waals surface area contributed by atoms with Crippen LogP contribution in [0.5, 0.6) is 0 Å². The van der Waals surface area contributed by atoms with Crippen molar-refractivity contribution < 1.29 is 9.90 Å². The number of aliphatic carboxylic acids is 1. The highest BCUT2D eigenvalue weighted by atomic mass is 35.5. The Morgan fingerprint density at radius 2 is 2.04 bits per heavy atom. The largest absolute Gasteiger partial charge is 0.480 e. The molecule has 8 heteroatoms. The number of rotatable bonds is 3. The number of benzene rings is 1. The van der Waals surface area contributed by atoms with Crippen LogP contribution in [0.15, 0.2) is 28.4 Å². The Balaban J connectivity index is 2.32. The zero-order chi connectivity index (χ0) is 17.6. The van der Waals surface area contributed by atoms with E-state index in [1.54, 1.807) is 25.1 Å². The van der Waals surface area contributed by atoms with E-state index in [2.05, 4.69) is 4.98 Å². The number of nitrogens with zero attached hydrogens (tertiary/aromatic N) is 2. The second-order valence-electron chi connectivity index (χ2n) is 5.31. The van der Waals surface area contributed by atoms with Crippen molar-refractivity contribution in [2.75, 3.05) is 0 Å². The van der Waals surface area contributed by atoms with Gasteiger partial charge in [-0.15, -0.1) is 11.3 Å². The molecule has 0 radical (unpaired) electrons. The van der Waals surface area contributed by atoms with Gasteiger partial charge in [0.2, 0.25) is 0 Å². The quantitative estimate of drug-likeness (QED) is 0.728. The van der Waals surface area contributed by atoms with Gasteiger partial charge in [0, 0.05) is 10.9 Å². The average molecular weight is 383 g/mol.